The molecule has 0 bridgehead atoms. The Bertz CT molecular complexity index is 1550. The molecule has 2 amide bonds. The summed E-state index contributed by atoms with van der Waals surface area (Å²) in [5.41, 5.74) is 8.24. The van der Waals surface area contributed by atoms with E-state index in [0.717, 1.165) is 11.9 Å². The van der Waals surface area contributed by atoms with Crippen molar-refractivity contribution in [3.8, 4) is 11.3 Å². The molecule has 10 nitrogen and oxygen atoms in total. The van der Waals surface area contributed by atoms with E-state index in [1.165, 1.54) is 4.90 Å². The van der Waals surface area contributed by atoms with E-state index in [0.29, 0.717) is 51.8 Å². The highest BCUT2D eigenvalue weighted by molar-refractivity contribution is 6.34. The molecule has 39 heavy (non-hydrogen) atoms. The van der Waals surface area contributed by atoms with Crippen LogP contribution in [0.5, 0.6) is 0 Å². The number of pyridine rings is 2. The second-order valence-electron chi connectivity index (χ2n) is 10.7. The van der Waals surface area contributed by atoms with Crippen molar-refractivity contribution in [2.24, 2.45) is 5.41 Å². The summed E-state index contributed by atoms with van der Waals surface area (Å²) >= 11 is 6.73. The van der Waals surface area contributed by atoms with E-state index >= 15 is 0 Å². The maximum Gasteiger partial charge on any atom is 0.407 e. The molecule has 1 aliphatic rings. The number of nitrogens with one attached hydrogen (secondary N) is 1. The van der Waals surface area contributed by atoms with E-state index < -0.39 is 6.09 Å². The van der Waals surface area contributed by atoms with Crippen LogP contribution in [0.2, 0.25) is 5.02 Å². The van der Waals surface area contributed by atoms with Gasteiger partial charge >= 0.3 is 6.09 Å². The first-order valence-corrected chi connectivity index (χ1v) is 13.1. The summed E-state index contributed by atoms with van der Waals surface area (Å²) in [5, 5.41) is 18.7. The van der Waals surface area contributed by atoms with Gasteiger partial charge in [0.05, 0.1) is 28.0 Å². The zero-order valence-electron chi connectivity index (χ0n) is 21.9. The van der Waals surface area contributed by atoms with Gasteiger partial charge in [0, 0.05) is 30.1 Å². The predicted octanol–water partition coefficient (Wildman–Crippen LogP) is 5.71. The first-order valence-electron chi connectivity index (χ1n) is 12.7. The van der Waals surface area contributed by atoms with E-state index in [4.69, 9.17) is 22.4 Å². The molecule has 5 rings (SSSR count). The van der Waals surface area contributed by atoms with Crippen molar-refractivity contribution in [2.45, 2.75) is 45.7 Å². The van der Waals surface area contributed by atoms with Gasteiger partial charge in [-0.2, -0.15) is 5.10 Å². The Balaban J connectivity index is 1.59. The number of benzene rings is 1. The van der Waals surface area contributed by atoms with Crippen molar-refractivity contribution >= 4 is 46.1 Å². The number of anilines is 2. The fourth-order valence-electron chi connectivity index (χ4n) is 5.52. The summed E-state index contributed by atoms with van der Waals surface area (Å²) in [5.74, 6) is 0.380. The Morgan fingerprint density at radius 1 is 1.13 bits per heavy atom. The summed E-state index contributed by atoms with van der Waals surface area (Å²) in [6.45, 7) is 6.59. The Labute approximate surface area is 230 Å². The fraction of sp³-hybridized carbons (Fsp3) is 0.321. The van der Waals surface area contributed by atoms with Crippen LogP contribution in [0.25, 0.3) is 22.2 Å². The van der Waals surface area contributed by atoms with Gasteiger partial charge in [-0.1, -0.05) is 44.5 Å². The van der Waals surface area contributed by atoms with Crippen LogP contribution in [0.3, 0.4) is 0 Å². The molecule has 3 aromatic heterocycles. The number of nitrogens with zero attached hydrogens (tertiary/aromatic N) is 5. The number of nitrogen functional groups attached to an aromatic ring is 1. The van der Waals surface area contributed by atoms with Gasteiger partial charge < -0.3 is 21.1 Å². The Morgan fingerprint density at radius 2 is 1.92 bits per heavy atom. The predicted molar refractivity (Wildman–Crippen MR) is 151 cm³/mol. The number of halogens is 1. The number of carbonyl (C=O) groups is 2. The molecule has 202 valence electrons. The SMILES string of the molecule is CC(C)(C)C1C(n2nc(-c3ccc(C(=O)Nc4ccccn4)cc3Cl)c3c(N)nccc32)CCCN1C(=O)O. The second kappa shape index (κ2) is 10.2. The average molecular weight is 548 g/mol. The number of nitrogens with two attached hydrogens (primary N) is 1. The molecule has 4 N–H and O–H groups in total. The van der Waals surface area contributed by atoms with Gasteiger partial charge in [0.15, 0.2) is 0 Å². The van der Waals surface area contributed by atoms with E-state index in [2.05, 4.69) is 15.3 Å². The summed E-state index contributed by atoms with van der Waals surface area (Å²) in [6.07, 6.45) is 3.74. The first-order chi connectivity index (χ1) is 18.6. The number of fused-ring (bicyclic) bond motifs is 1. The molecule has 4 heterocycles. The number of rotatable bonds is 4. The lowest BCUT2D eigenvalue weighted by molar-refractivity contribution is 0.0250. The third-order valence-corrected chi connectivity index (χ3v) is 7.40. The van der Waals surface area contributed by atoms with E-state index in [-0.39, 0.29) is 23.4 Å². The number of aromatic nitrogens is 4. The minimum absolute atomic E-state index is 0.227. The molecule has 4 aromatic rings. The molecule has 2 atom stereocenters. The molecule has 0 saturated carbocycles. The maximum atomic E-state index is 12.8. The zero-order valence-corrected chi connectivity index (χ0v) is 22.7. The Hall–Kier alpha value is -4.18. The quantitative estimate of drug-likeness (QED) is 0.297. The Morgan fingerprint density at radius 3 is 2.59 bits per heavy atom. The van der Waals surface area contributed by atoms with E-state index in [1.54, 1.807) is 48.8 Å². The standard InChI is InChI=1S/C28H30ClN7O3/c1-28(2,3)24-20(7-6-14-35(24)27(38)39)36-19-11-13-32-25(30)22(19)23(34-36)17-10-9-16(15-18(17)29)26(37)33-21-8-4-5-12-31-21/h4-5,8-13,15,20,24H,6-7,14H2,1-3H3,(H2,30,32)(H,38,39)(H,31,33,37). The zero-order chi connectivity index (χ0) is 27.9. The first kappa shape index (κ1) is 26.4. The van der Waals surface area contributed by atoms with Crippen LogP contribution in [0.15, 0.2) is 54.9 Å². The van der Waals surface area contributed by atoms with Crippen LogP contribution in [0.4, 0.5) is 16.4 Å². The average Bonchev–Trinajstić information content (AvgIpc) is 3.29. The third kappa shape index (κ3) is 4.99. The van der Waals surface area contributed by atoms with Crippen molar-refractivity contribution in [3.63, 3.8) is 0 Å². The molecule has 1 aromatic carbocycles. The molecule has 1 aliphatic heterocycles. The van der Waals surface area contributed by atoms with Gasteiger partial charge in [0.2, 0.25) is 0 Å². The van der Waals surface area contributed by atoms with Crippen LogP contribution in [-0.4, -0.2) is 54.3 Å². The number of carbonyl (C=O) groups excluding carboxylic acids is 1. The number of likely N-dealkylation sites (tertiary alicyclic amines) is 1. The van der Waals surface area contributed by atoms with E-state index in [1.807, 2.05) is 31.5 Å². The van der Waals surface area contributed by atoms with Crippen LogP contribution in [0, 0.1) is 5.41 Å². The summed E-state index contributed by atoms with van der Waals surface area (Å²) in [6, 6.07) is 11.5. The van der Waals surface area contributed by atoms with Gasteiger partial charge in [0.1, 0.15) is 17.3 Å². The lowest BCUT2D eigenvalue weighted by Gasteiger charge is -2.46. The monoisotopic (exact) mass is 547 g/mol. The molecule has 0 aliphatic carbocycles. The van der Waals surface area contributed by atoms with Gasteiger partial charge in [-0.05, 0) is 48.6 Å². The lowest BCUT2D eigenvalue weighted by atomic mass is 9.77. The normalized spacial score (nSPS) is 17.8. The van der Waals surface area contributed by atoms with Crippen molar-refractivity contribution in [1.29, 1.82) is 0 Å². The summed E-state index contributed by atoms with van der Waals surface area (Å²) in [7, 11) is 0. The highest BCUT2D eigenvalue weighted by Gasteiger charge is 2.43. The number of hydrogen-bond acceptors (Lipinski definition) is 6. The van der Waals surface area contributed by atoms with Crippen LogP contribution >= 0.6 is 11.6 Å². The lowest BCUT2D eigenvalue weighted by Crippen LogP contribution is -2.54. The molecular weight excluding hydrogens is 518 g/mol. The number of amides is 2. The molecule has 0 radical (unpaired) electrons. The molecule has 11 heteroatoms. The number of piperidine rings is 1. The van der Waals surface area contributed by atoms with Crippen molar-refractivity contribution < 1.29 is 14.7 Å². The smallest absolute Gasteiger partial charge is 0.407 e. The van der Waals surface area contributed by atoms with Gasteiger partial charge in [-0.25, -0.2) is 14.8 Å². The van der Waals surface area contributed by atoms with Gasteiger partial charge in [-0.3, -0.25) is 9.48 Å². The minimum Gasteiger partial charge on any atom is -0.465 e. The van der Waals surface area contributed by atoms with Crippen molar-refractivity contribution in [3.05, 3.63) is 65.4 Å². The topological polar surface area (TPSA) is 139 Å². The minimum atomic E-state index is -0.944. The third-order valence-electron chi connectivity index (χ3n) is 7.09. The van der Waals surface area contributed by atoms with E-state index in [9.17, 15) is 14.7 Å². The largest absolute Gasteiger partial charge is 0.465 e. The molecule has 1 saturated heterocycles. The fourth-order valence-corrected chi connectivity index (χ4v) is 5.79. The Kier molecular flexibility index (Phi) is 6.90. The van der Waals surface area contributed by atoms with Crippen LogP contribution < -0.4 is 11.1 Å². The second-order valence-corrected chi connectivity index (χ2v) is 11.2. The van der Waals surface area contributed by atoms with Gasteiger partial charge in [-0.15, -0.1) is 0 Å². The van der Waals surface area contributed by atoms with Crippen LogP contribution in [-0.2, 0) is 0 Å². The summed E-state index contributed by atoms with van der Waals surface area (Å²) in [4.78, 5) is 34.9. The molecule has 2 unspecified atom stereocenters. The maximum absolute atomic E-state index is 12.8. The van der Waals surface area contributed by atoms with Gasteiger partial charge in [0.25, 0.3) is 5.91 Å². The molecule has 0 spiro atoms. The highest BCUT2D eigenvalue weighted by Crippen LogP contribution is 2.43. The molecule has 1 fully saturated rings. The summed E-state index contributed by atoms with van der Waals surface area (Å²) < 4.78 is 1.88. The van der Waals surface area contributed by atoms with Crippen LogP contribution in [0.1, 0.15) is 50.0 Å². The molecular formula is C28H30ClN7O3. The van der Waals surface area contributed by atoms with Crippen molar-refractivity contribution in [1.82, 2.24) is 24.6 Å². The number of hydrogen-bond donors (Lipinski definition) is 3. The number of carboxylic acid groups (broad SMARTS) is 1. The highest BCUT2D eigenvalue weighted by atomic mass is 35.5. The van der Waals surface area contributed by atoms with Crippen molar-refractivity contribution in [2.75, 3.05) is 17.6 Å².